The molecule has 0 unspecified atom stereocenters. The van der Waals surface area contributed by atoms with Gasteiger partial charge < -0.3 is 9.47 Å². The second-order valence-electron chi connectivity index (χ2n) is 4.29. The van der Waals surface area contributed by atoms with Crippen molar-refractivity contribution >= 4 is 44.3 Å². The van der Waals surface area contributed by atoms with E-state index in [1.54, 1.807) is 19.2 Å². The molecule has 5 heteroatoms. The van der Waals surface area contributed by atoms with E-state index in [0.29, 0.717) is 30.1 Å². The van der Waals surface area contributed by atoms with Crippen LogP contribution in [0.3, 0.4) is 0 Å². The van der Waals surface area contributed by atoms with Crippen LogP contribution in [0.4, 0.5) is 0 Å². The molecular formula is C16H14BrIO3. The highest BCUT2D eigenvalue weighted by Gasteiger charge is 2.17. The first-order valence-corrected chi connectivity index (χ1v) is 8.21. The number of ketones is 1. The quantitative estimate of drug-likeness (QED) is 0.366. The Kier molecular flexibility index (Phi) is 6.20. The van der Waals surface area contributed by atoms with Crippen molar-refractivity contribution in [2.45, 2.75) is 0 Å². The van der Waals surface area contributed by atoms with Crippen molar-refractivity contribution in [1.82, 2.24) is 0 Å². The number of rotatable bonds is 6. The third kappa shape index (κ3) is 4.28. The molecule has 0 aliphatic carbocycles. The third-order valence-corrected chi connectivity index (χ3v) is 4.28. The van der Waals surface area contributed by atoms with Crippen molar-refractivity contribution < 1.29 is 14.3 Å². The molecule has 3 nitrogen and oxygen atoms in total. The van der Waals surface area contributed by atoms with Crippen molar-refractivity contribution in [3.05, 3.63) is 61.6 Å². The number of carbonyl (C=O) groups excluding carboxylic acids is 1. The van der Waals surface area contributed by atoms with Crippen LogP contribution >= 0.6 is 38.5 Å². The minimum Gasteiger partial charge on any atom is -0.490 e. The highest BCUT2D eigenvalue weighted by atomic mass is 127. The van der Waals surface area contributed by atoms with E-state index in [0.717, 1.165) is 8.04 Å². The average Bonchev–Trinajstić information content (AvgIpc) is 2.50. The highest BCUT2D eigenvalue weighted by molar-refractivity contribution is 14.1. The molecule has 0 radical (unpaired) electrons. The van der Waals surface area contributed by atoms with Crippen LogP contribution in [0.1, 0.15) is 15.9 Å². The molecule has 0 saturated carbocycles. The van der Waals surface area contributed by atoms with Crippen LogP contribution in [-0.2, 0) is 4.74 Å². The van der Waals surface area contributed by atoms with E-state index in [9.17, 15) is 4.79 Å². The zero-order valence-electron chi connectivity index (χ0n) is 11.4. The molecule has 21 heavy (non-hydrogen) atoms. The summed E-state index contributed by atoms with van der Waals surface area (Å²) in [6, 6.07) is 12.9. The van der Waals surface area contributed by atoms with Crippen LogP contribution in [0.25, 0.3) is 0 Å². The van der Waals surface area contributed by atoms with Gasteiger partial charge in [0, 0.05) is 20.7 Å². The zero-order valence-corrected chi connectivity index (χ0v) is 15.2. The fourth-order valence-corrected chi connectivity index (χ4v) is 2.77. The smallest absolute Gasteiger partial charge is 0.197 e. The molecule has 2 aromatic rings. The van der Waals surface area contributed by atoms with Gasteiger partial charge >= 0.3 is 0 Å². The van der Waals surface area contributed by atoms with E-state index in [1.807, 2.05) is 30.3 Å². The van der Waals surface area contributed by atoms with Crippen LogP contribution in [-0.4, -0.2) is 26.1 Å². The lowest BCUT2D eigenvalue weighted by Gasteiger charge is -2.11. The van der Waals surface area contributed by atoms with Gasteiger partial charge in [-0.3, -0.25) is 4.79 Å². The molecule has 0 heterocycles. The Morgan fingerprint density at radius 3 is 2.67 bits per heavy atom. The first kappa shape index (κ1) is 16.5. The minimum absolute atomic E-state index is 0.0475. The molecule has 2 aromatic carbocycles. The van der Waals surface area contributed by atoms with Gasteiger partial charge in [-0.15, -0.1) is 0 Å². The highest BCUT2D eigenvalue weighted by Crippen LogP contribution is 2.26. The lowest BCUT2D eigenvalue weighted by Crippen LogP contribution is -2.10. The van der Waals surface area contributed by atoms with Crippen molar-refractivity contribution in [3.63, 3.8) is 0 Å². The molecule has 0 aliphatic heterocycles. The Morgan fingerprint density at radius 1 is 1.14 bits per heavy atom. The molecule has 0 N–H and O–H groups in total. The third-order valence-electron chi connectivity index (χ3n) is 2.85. The average molecular weight is 461 g/mol. The molecule has 110 valence electrons. The Bertz CT molecular complexity index is 643. The van der Waals surface area contributed by atoms with E-state index in [1.165, 1.54) is 0 Å². The first-order chi connectivity index (χ1) is 10.1. The summed E-state index contributed by atoms with van der Waals surface area (Å²) in [5, 5.41) is 0. The normalized spacial score (nSPS) is 10.4. The molecule has 0 atom stereocenters. The van der Waals surface area contributed by atoms with Gasteiger partial charge in [-0.2, -0.15) is 0 Å². The molecule has 0 bridgehead atoms. The second kappa shape index (κ2) is 7.91. The van der Waals surface area contributed by atoms with Gasteiger partial charge in [-0.1, -0.05) is 28.1 Å². The number of para-hydroxylation sites is 1. The lowest BCUT2D eigenvalue weighted by atomic mass is 10.0. The van der Waals surface area contributed by atoms with Gasteiger partial charge in [-0.05, 0) is 52.9 Å². The van der Waals surface area contributed by atoms with Gasteiger partial charge in [0.25, 0.3) is 0 Å². The van der Waals surface area contributed by atoms with Gasteiger partial charge in [0.2, 0.25) is 0 Å². The summed E-state index contributed by atoms with van der Waals surface area (Å²) in [7, 11) is 1.62. The number of methoxy groups -OCH3 is 1. The van der Waals surface area contributed by atoms with Crippen LogP contribution in [0.5, 0.6) is 5.75 Å². The summed E-state index contributed by atoms with van der Waals surface area (Å²) < 4.78 is 12.4. The monoisotopic (exact) mass is 460 g/mol. The molecule has 0 aromatic heterocycles. The molecule has 2 rings (SSSR count). The predicted octanol–water partition coefficient (Wildman–Crippen LogP) is 4.31. The number of halogens is 2. The van der Waals surface area contributed by atoms with E-state index in [-0.39, 0.29) is 5.78 Å². The van der Waals surface area contributed by atoms with Crippen molar-refractivity contribution in [1.29, 1.82) is 0 Å². The van der Waals surface area contributed by atoms with E-state index >= 15 is 0 Å². The number of carbonyl (C=O) groups is 1. The summed E-state index contributed by atoms with van der Waals surface area (Å²) in [5.74, 6) is 0.532. The topological polar surface area (TPSA) is 35.5 Å². The Hall–Kier alpha value is -0.920. The largest absolute Gasteiger partial charge is 0.490 e. The standard InChI is InChI=1S/C16H14BrIO3/c1-20-8-9-21-15-5-3-2-4-12(15)16(19)13-10-11(17)6-7-14(13)18/h2-7,10H,8-9H2,1H3. The maximum Gasteiger partial charge on any atom is 0.197 e. The summed E-state index contributed by atoms with van der Waals surface area (Å²) in [6.07, 6.45) is 0. The van der Waals surface area contributed by atoms with Gasteiger partial charge in [0.1, 0.15) is 12.4 Å². The van der Waals surface area contributed by atoms with Crippen molar-refractivity contribution in [2.24, 2.45) is 0 Å². The Morgan fingerprint density at radius 2 is 1.90 bits per heavy atom. The van der Waals surface area contributed by atoms with Crippen molar-refractivity contribution in [2.75, 3.05) is 20.3 Å². The van der Waals surface area contributed by atoms with Gasteiger partial charge in [-0.25, -0.2) is 0 Å². The molecule has 0 saturated heterocycles. The van der Waals surface area contributed by atoms with Crippen LogP contribution in [0, 0.1) is 3.57 Å². The summed E-state index contributed by atoms with van der Waals surface area (Å²) in [6.45, 7) is 0.896. The summed E-state index contributed by atoms with van der Waals surface area (Å²) in [4.78, 5) is 12.7. The Labute approximate surface area is 145 Å². The molecular weight excluding hydrogens is 447 g/mol. The van der Waals surface area contributed by atoms with E-state index in [2.05, 4.69) is 38.5 Å². The molecule has 0 fully saturated rings. The summed E-state index contributed by atoms with van der Waals surface area (Å²) >= 11 is 5.57. The molecule has 0 spiro atoms. The first-order valence-electron chi connectivity index (χ1n) is 6.34. The molecule has 0 aliphatic rings. The number of hydrogen-bond acceptors (Lipinski definition) is 3. The maximum absolute atomic E-state index is 12.7. The Balaban J connectivity index is 2.32. The SMILES string of the molecule is COCCOc1ccccc1C(=O)c1cc(Br)ccc1I. The minimum atomic E-state index is -0.0475. The van der Waals surface area contributed by atoms with Gasteiger partial charge in [0.15, 0.2) is 5.78 Å². The lowest BCUT2D eigenvalue weighted by molar-refractivity contribution is 0.103. The van der Waals surface area contributed by atoms with E-state index < -0.39 is 0 Å². The molecule has 0 amide bonds. The summed E-state index contributed by atoms with van der Waals surface area (Å²) in [5.41, 5.74) is 1.22. The van der Waals surface area contributed by atoms with Crippen LogP contribution < -0.4 is 4.74 Å². The fourth-order valence-electron chi connectivity index (χ4n) is 1.83. The second-order valence-corrected chi connectivity index (χ2v) is 6.37. The number of ether oxygens (including phenoxy) is 2. The number of benzene rings is 2. The van der Waals surface area contributed by atoms with Crippen LogP contribution in [0.15, 0.2) is 46.9 Å². The van der Waals surface area contributed by atoms with Crippen LogP contribution in [0.2, 0.25) is 0 Å². The maximum atomic E-state index is 12.7. The zero-order chi connectivity index (χ0) is 15.2. The number of hydrogen-bond donors (Lipinski definition) is 0. The van der Waals surface area contributed by atoms with E-state index in [4.69, 9.17) is 9.47 Å². The fraction of sp³-hybridized carbons (Fsp3) is 0.188. The van der Waals surface area contributed by atoms with Gasteiger partial charge in [0.05, 0.1) is 12.2 Å². The predicted molar refractivity (Wildman–Crippen MR) is 94.1 cm³/mol. The van der Waals surface area contributed by atoms with Crippen molar-refractivity contribution in [3.8, 4) is 5.75 Å².